The van der Waals surface area contributed by atoms with E-state index in [2.05, 4.69) is 65.2 Å². The van der Waals surface area contributed by atoms with Crippen molar-refractivity contribution in [3.05, 3.63) is 41.4 Å². The predicted octanol–water partition coefficient (Wildman–Crippen LogP) is 4.64. The van der Waals surface area contributed by atoms with Crippen LogP contribution in [0.2, 0.25) is 0 Å². The van der Waals surface area contributed by atoms with E-state index in [4.69, 9.17) is 4.42 Å². The Labute approximate surface area is 157 Å². The number of aromatic amines is 2. The van der Waals surface area contributed by atoms with E-state index in [1.54, 1.807) is 0 Å². The zero-order valence-corrected chi connectivity index (χ0v) is 16.1. The first-order valence-electron chi connectivity index (χ1n) is 9.44. The van der Waals surface area contributed by atoms with Crippen molar-refractivity contribution < 1.29 is 4.42 Å². The van der Waals surface area contributed by atoms with E-state index >= 15 is 0 Å². The van der Waals surface area contributed by atoms with Crippen LogP contribution in [0.3, 0.4) is 0 Å². The van der Waals surface area contributed by atoms with Gasteiger partial charge in [0.15, 0.2) is 0 Å². The van der Waals surface area contributed by atoms with E-state index in [0.29, 0.717) is 17.7 Å². The molecule has 0 amide bonds. The topological polar surface area (TPSA) is 83.4 Å². The Morgan fingerprint density at radius 1 is 1.19 bits per heavy atom. The summed E-state index contributed by atoms with van der Waals surface area (Å²) in [5, 5.41) is 17.1. The third-order valence-electron chi connectivity index (χ3n) is 5.37. The van der Waals surface area contributed by atoms with Crippen molar-refractivity contribution >= 4 is 10.9 Å². The van der Waals surface area contributed by atoms with Gasteiger partial charge >= 0.3 is 0 Å². The molecular weight excluding hydrogens is 338 g/mol. The van der Waals surface area contributed by atoms with E-state index in [9.17, 15) is 0 Å². The lowest BCUT2D eigenvalue weighted by atomic mass is 9.73. The normalized spacial score (nSPS) is 15.3. The highest BCUT2D eigenvalue weighted by Gasteiger charge is 2.35. The maximum absolute atomic E-state index is 5.90. The van der Waals surface area contributed by atoms with Gasteiger partial charge in [-0.25, -0.2) is 0 Å². The summed E-state index contributed by atoms with van der Waals surface area (Å²) in [5.74, 6) is 1.76. The van der Waals surface area contributed by atoms with E-state index < -0.39 is 0 Å². The Hall–Kier alpha value is -2.89. The maximum atomic E-state index is 5.90. The zero-order chi connectivity index (χ0) is 18.8. The van der Waals surface area contributed by atoms with Crippen molar-refractivity contribution in [1.82, 2.24) is 25.4 Å². The van der Waals surface area contributed by atoms with Crippen LogP contribution in [-0.4, -0.2) is 25.4 Å². The van der Waals surface area contributed by atoms with Gasteiger partial charge in [-0.1, -0.05) is 27.7 Å². The highest BCUT2D eigenvalue weighted by atomic mass is 16.4. The van der Waals surface area contributed by atoms with Gasteiger partial charge in [-0.3, -0.25) is 5.10 Å². The molecule has 1 aliphatic rings. The lowest BCUT2D eigenvalue weighted by Crippen LogP contribution is -2.24. The van der Waals surface area contributed by atoms with Crippen molar-refractivity contribution in [3.63, 3.8) is 0 Å². The Morgan fingerprint density at radius 3 is 2.85 bits per heavy atom. The van der Waals surface area contributed by atoms with Gasteiger partial charge in [-0.05, 0) is 41.5 Å². The molecular formula is C21H23N5O. The molecule has 0 aliphatic heterocycles. The molecule has 138 valence electrons. The average molecular weight is 361 g/mol. The number of nitrogens with one attached hydrogen (secondary N) is 2. The summed E-state index contributed by atoms with van der Waals surface area (Å²) < 4.78 is 5.90. The van der Waals surface area contributed by atoms with Crippen LogP contribution in [0, 0.1) is 5.92 Å². The molecule has 0 bridgehead atoms. The summed E-state index contributed by atoms with van der Waals surface area (Å²) in [6, 6.07) is 6.31. The summed E-state index contributed by atoms with van der Waals surface area (Å²) in [4.78, 5) is 3.59. The van der Waals surface area contributed by atoms with Gasteiger partial charge in [-0.2, -0.15) is 5.10 Å². The summed E-state index contributed by atoms with van der Waals surface area (Å²) in [6.07, 6.45) is 3.69. The molecule has 27 heavy (non-hydrogen) atoms. The molecule has 6 heteroatoms. The monoisotopic (exact) mass is 361 g/mol. The summed E-state index contributed by atoms with van der Waals surface area (Å²) in [5.41, 5.74) is 6.89. The maximum Gasteiger partial charge on any atom is 0.247 e. The molecule has 6 nitrogen and oxygen atoms in total. The molecule has 4 aromatic rings. The zero-order valence-electron chi connectivity index (χ0n) is 16.1. The quantitative estimate of drug-likeness (QED) is 0.557. The predicted molar refractivity (Wildman–Crippen MR) is 104 cm³/mol. The molecule has 2 N–H and O–H groups in total. The number of aromatic nitrogens is 5. The molecule has 0 fully saturated rings. The largest absolute Gasteiger partial charge is 0.421 e. The van der Waals surface area contributed by atoms with Gasteiger partial charge in [-0.15, -0.1) is 10.2 Å². The average Bonchev–Trinajstić information content (AvgIpc) is 3.30. The fourth-order valence-electron chi connectivity index (χ4n) is 4.24. The molecule has 3 aromatic heterocycles. The van der Waals surface area contributed by atoms with Crippen LogP contribution in [0.5, 0.6) is 0 Å². The van der Waals surface area contributed by atoms with Gasteiger partial charge < -0.3 is 9.40 Å². The first kappa shape index (κ1) is 16.3. The molecule has 0 saturated heterocycles. The SMILES string of the molecule is CC(C)Cc1nnc(-c2ccc3[nH]c4c(c3c2)C(C)(C)Cc2cn[nH]c2-4)o1. The number of benzene rings is 1. The minimum absolute atomic E-state index is 0.0146. The van der Waals surface area contributed by atoms with E-state index in [1.807, 2.05) is 12.3 Å². The van der Waals surface area contributed by atoms with Crippen molar-refractivity contribution in [2.24, 2.45) is 5.92 Å². The standard InChI is InChI=1S/C21H23N5O/c1-11(2)7-16-24-26-20(27-16)12-5-6-15-14(8-12)17-19(23-15)18-13(10-22-25-18)9-21(17,3)4/h5-6,8,10-11,23H,7,9H2,1-4H3,(H,22,25). The second-order valence-electron chi connectivity index (χ2n) is 8.57. The molecule has 0 unspecified atom stereocenters. The highest BCUT2D eigenvalue weighted by Crippen LogP contribution is 2.46. The fraction of sp³-hybridized carbons (Fsp3) is 0.381. The lowest BCUT2D eigenvalue weighted by Gasteiger charge is -2.30. The van der Waals surface area contributed by atoms with Gasteiger partial charge in [0.05, 0.1) is 17.6 Å². The van der Waals surface area contributed by atoms with Gasteiger partial charge in [0.1, 0.15) is 0 Å². The number of hydrogen-bond acceptors (Lipinski definition) is 4. The first-order chi connectivity index (χ1) is 12.9. The molecule has 1 aliphatic carbocycles. The number of nitrogens with zero attached hydrogens (tertiary/aromatic N) is 3. The van der Waals surface area contributed by atoms with E-state index in [-0.39, 0.29) is 5.41 Å². The van der Waals surface area contributed by atoms with E-state index in [0.717, 1.165) is 35.3 Å². The fourth-order valence-corrected chi connectivity index (χ4v) is 4.24. The van der Waals surface area contributed by atoms with Crippen molar-refractivity contribution in [2.45, 2.75) is 46.0 Å². The second-order valence-corrected chi connectivity index (χ2v) is 8.57. The summed E-state index contributed by atoms with van der Waals surface area (Å²) >= 11 is 0. The molecule has 3 heterocycles. The number of H-pyrrole nitrogens is 2. The third kappa shape index (κ3) is 2.51. The molecule has 0 saturated carbocycles. The highest BCUT2D eigenvalue weighted by molar-refractivity contribution is 5.95. The Morgan fingerprint density at radius 2 is 2.04 bits per heavy atom. The number of fused-ring (bicyclic) bond motifs is 5. The molecule has 1 aromatic carbocycles. The second kappa shape index (κ2) is 5.55. The van der Waals surface area contributed by atoms with Crippen LogP contribution < -0.4 is 0 Å². The minimum Gasteiger partial charge on any atom is -0.421 e. The molecule has 0 radical (unpaired) electrons. The molecule has 0 atom stereocenters. The van der Waals surface area contributed by atoms with Gasteiger partial charge in [0.25, 0.3) is 0 Å². The Bertz CT molecular complexity index is 1140. The number of hydrogen-bond donors (Lipinski definition) is 2. The van der Waals surface area contributed by atoms with Crippen LogP contribution >= 0.6 is 0 Å². The van der Waals surface area contributed by atoms with Gasteiger partial charge in [0.2, 0.25) is 11.8 Å². The van der Waals surface area contributed by atoms with E-state index in [1.165, 1.54) is 16.5 Å². The number of rotatable bonds is 3. The van der Waals surface area contributed by atoms with Crippen molar-refractivity contribution in [3.8, 4) is 22.8 Å². The summed E-state index contributed by atoms with van der Waals surface area (Å²) in [7, 11) is 0. The van der Waals surface area contributed by atoms with Crippen LogP contribution in [0.25, 0.3) is 33.7 Å². The van der Waals surface area contributed by atoms with Crippen molar-refractivity contribution in [1.29, 1.82) is 0 Å². The minimum atomic E-state index is 0.0146. The summed E-state index contributed by atoms with van der Waals surface area (Å²) in [6.45, 7) is 8.87. The van der Waals surface area contributed by atoms with Crippen LogP contribution in [-0.2, 0) is 18.3 Å². The lowest BCUT2D eigenvalue weighted by molar-refractivity contribution is 0.466. The van der Waals surface area contributed by atoms with Crippen LogP contribution in [0.15, 0.2) is 28.8 Å². The van der Waals surface area contributed by atoms with Crippen LogP contribution in [0.4, 0.5) is 0 Å². The Balaban J connectivity index is 1.66. The smallest absolute Gasteiger partial charge is 0.247 e. The molecule has 5 rings (SSSR count). The third-order valence-corrected chi connectivity index (χ3v) is 5.37. The molecule has 0 spiro atoms. The Kier molecular flexibility index (Phi) is 3.35. The van der Waals surface area contributed by atoms with Crippen LogP contribution in [0.1, 0.15) is 44.7 Å². The first-order valence-corrected chi connectivity index (χ1v) is 9.44. The van der Waals surface area contributed by atoms with Crippen molar-refractivity contribution in [2.75, 3.05) is 0 Å². The van der Waals surface area contributed by atoms with Gasteiger partial charge in [0, 0.05) is 28.5 Å².